The molecule has 1 amide bonds. The number of fused-ring (bicyclic) bond motifs is 4. The van der Waals surface area contributed by atoms with Gasteiger partial charge in [0.05, 0.1) is 68.6 Å². The third-order valence-corrected chi connectivity index (χ3v) is 14.0. The highest BCUT2D eigenvalue weighted by molar-refractivity contribution is 7.59. The number of rotatable bonds is 10. The first-order chi connectivity index (χ1) is 35.8. The van der Waals surface area contributed by atoms with Gasteiger partial charge < -0.3 is 34.9 Å². The molecule has 3 aliphatic heterocycles. The van der Waals surface area contributed by atoms with Gasteiger partial charge in [0.15, 0.2) is 11.6 Å². The second-order valence-electron chi connectivity index (χ2n) is 17.5. The Morgan fingerprint density at radius 3 is 1.75 bits per heavy atom. The fourth-order valence-corrected chi connectivity index (χ4v) is 10.6. The standard InChI is InChI=1S/C25H23ClN8O3.C25H21ClN8O2.2H2S/c26-17-8-11-33-20(17)25(37)34(15-5-2-1-3-6-15)22(31-33)18-7-4-10-32(18)23-19-16(24(36)27-9-12-35)13-28-21(19)29-14-30-23;26-17-8-11-33-20(17)25(35)34(15-5-2-1-3-6-15)22(31-33)18-7-4-10-32(18)23-19-16(24-27-9-12-36-24)13-28-21(19)29-14-30-23;;/h1-3,5-6,8,11,13-14,18,35H,4,7,9-10,12H2,(H,27,36)(H,28,29,30);1-3,5-6,8,11,13-14,18H,4,7,9-10,12H2,(H,28,29,30);2*1H2/t2*18-;;/m00../s1. The molecule has 2 saturated heterocycles. The number of nitrogens with zero attached hydrogens (tertiary/aromatic N) is 13. The number of para-hydroxylation sites is 2. The molecule has 13 rings (SSSR count). The zero-order chi connectivity index (χ0) is 49.7. The van der Waals surface area contributed by atoms with Crippen LogP contribution in [0.25, 0.3) is 44.5 Å². The Bertz CT molecular complexity index is 3900. The minimum Gasteiger partial charge on any atom is -0.475 e. The van der Waals surface area contributed by atoms with Crippen LogP contribution in [-0.2, 0) is 4.74 Å². The average molecular weight is 1090 g/mol. The van der Waals surface area contributed by atoms with E-state index in [4.69, 9.17) is 48.2 Å². The van der Waals surface area contributed by atoms with E-state index in [1.165, 1.54) is 10.8 Å². The number of aliphatic imine (C=N–C) groups is 1. The van der Waals surface area contributed by atoms with E-state index in [1.54, 1.807) is 50.7 Å². The summed E-state index contributed by atoms with van der Waals surface area (Å²) in [4.78, 5) is 73.4. The van der Waals surface area contributed by atoms with E-state index in [9.17, 15) is 14.4 Å². The van der Waals surface area contributed by atoms with E-state index < -0.39 is 0 Å². The van der Waals surface area contributed by atoms with Gasteiger partial charge in [-0.1, -0.05) is 59.6 Å². The van der Waals surface area contributed by atoms with Crippen molar-refractivity contribution in [1.82, 2.24) is 63.6 Å². The van der Waals surface area contributed by atoms with Gasteiger partial charge in [-0.3, -0.25) is 23.5 Å². The number of hydrogen-bond donors (Lipinski definition) is 4. The third-order valence-electron chi connectivity index (χ3n) is 13.4. The molecule has 0 aliphatic carbocycles. The van der Waals surface area contributed by atoms with Gasteiger partial charge in [-0.05, 0) is 62.1 Å². The summed E-state index contributed by atoms with van der Waals surface area (Å²) >= 11 is 12.7. The van der Waals surface area contributed by atoms with Crippen molar-refractivity contribution in [2.75, 3.05) is 49.2 Å². The predicted octanol–water partition coefficient (Wildman–Crippen LogP) is 6.23. The van der Waals surface area contributed by atoms with Crippen LogP contribution in [-0.4, -0.2) is 115 Å². The first-order valence-electron chi connectivity index (χ1n) is 23.7. The lowest BCUT2D eigenvalue weighted by Crippen LogP contribution is -2.33. The smallest absolute Gasteiger partial charge is 0.284 e. The number of anilines is 2. The van der Waals surface area contributed by atoms with Crippen LogP contribution in [0.3, 0.4) is 0 Å². The summed E-state index contributed by atoms with van der Waals surface area (Å²) in [6, 6.07) is 21.7. The van der Waals surface area contributed by atoms with Crippen LogP contribution in [0.5, 0.6) is 0 Å². The van der Waals surface area contributed by atoms with Crippen LogP contribution in [0.15, 0.2) is 125 Å². The number of H-pyrrole nitrogens is 2. The minimum atomic E-state index is -0.338. The maximum Gasteiger partial charge on any atom is 0.284 e. The fourth-order valence-electron chi connectivity index (χ4n) is 10.2. The number of amides is 1. The molecule has 75 heavy (non-hydrogen) atoms. The van der Waals surface area contributed by atoms with Gasteiger partial charge in [0.25, 0.3) is 17.0 Å². The van der Waals surface area contributed by atoms with Crippen LogP contribution in [0.4, 0.5) is 11.6 Å². The molecule has 21 nitrogen and oxygen atoms in total. The first-order valence-corrected chi connectivity index (χ1v) is 24.5. The molecule has 10 aromatic rings. The quantitative estimate of drug-likeness (QED) is 0.119. The van der Waals surface area contributed by atoms with Gasteiger partial charge >= 0.3 is 0 Å². The summed E-state index contributed by atoms with van der Waals surface area (Å²) in [7, 11) is 0. The molecular weight excluding hydrogens is 1040 g/mol. The molecular formula is C50H48Cl2N16O5S2. The summed E-state index contributed by atoms with van der Waals surface area (Å²) in [6.45, 7) is 2.56. The number of halogens is 2. The van der Waals surface area contributed by atoms with Crippen molar-refractivity contribution in [3.05, 3.63) is 164 Å². The maximum atomic E-state index is 13.8. The van der Waals surface area contributed by atoms with Gasteiger partial charge in [-0.15, -0.1) is 0 Å². The molecule has 3 aliphatic rings. The number of aromatic nitrogens is 12. The summed E-state index contributed by atoms with van der Waals surface area (Å²) in [5.41, 5.74) is 4.04. The molecule has 4 N–H and O–H groups in total. The molecule has 0 radical (unpaired) electrons. The number of nitrogens with one attached hydrogen (secondary N) is 3. The zero-order valence-electron chi connectivity index (χ0n) is 39.8. The fraction of sp³-hybridized carbons (Fsp3) is 0.240. The molecule has 2 atom stereocenters. The Balaban J connectivity index is 0.000000167. The molecule has 0 spiro atoms. The zero-order valence-corrected chi connectivity index (χ0v) is 43.3. The van der Waals surface area contributed by atoms with E-state index >= 15 is 0 Å². The van der Waals surface area contributed by atoms with Crippen molar-refractivity contribution in [2.45, 2.75) is 37.8 Å². The van der Waals surface area contributed by atoms with Crippen LogP contribution in [0.1, 0.15) is 65.3 Å². The van der Waals surface area contributed by atoms with Gasteiger partial charge in [0.2, 0.25) is 5.90 Å². The molecule has 0 saturated carbocycles. The monoisotopic (exact) mass is 1090 g/mol. The highest BCUT2D eigenvalue weighted by Gasteiger charge is 2.37. The van der Waals surface area contributed by atoms with Crippen LogP contribution < -0.4 is 26.2 Å². The van der Waals surface area contributed by atoms with E-state index in [2.05, 4.69) is 45.0 Å². The number of aliphatic hydroxyl groups is 1. The predicted molar refractivity (Wildman–Crippen MR) is 296 cm³/mol. The molecule has 2 aromatic carbocycles. The minimum absolute atomic E-state index is 0. The van der Waals surface area contributed by atoms with Crippen LogP contribution in [0.2, 0.25) is 10.0 Å². The average Bonchev–Trinajstić information content (AvgIpc) is 4.29. The van der Waals surface area contributed by atoms with Crippen molar-refractivity contribution < 1.29 is 14.6 Å². The molecule has 0 bridgehead atoms. The van der Waals surface area contributed by atoms with E-state index in [0.717, 1.165) is 54.7 Å². The number of hydrogen-bond acceptors (Lipinski definition) is 14. The van der Waals surface area contributed by atoms with Gasteiger partial charge in [0.1, 0.15) is 53.2 Å². The summed E-state index contributed by atoms with van der Waals surface area (Å²) in [6.07, 6.45) is 13.1. The normalized spacial score (nSPS) is 16.2. The lowest BCUT2D eigenvalue weighted by Gasteiger charge is -2.28. The number of aromatic amines is 2. The van der Waals surface area contributed by atoms with Crippen molar-refractivity contribution in [3.63, 3.8) is 0 Å². The number of ether oxygens (including phenoxy) is 1. The van der Waals surface area contributed by atoms with Crippen LogP contribution in [0, 0.1) is 0 Å². The molecule has 25 heteroatoms. The first kappa shape index (κ1) is 50.8. The Labute approximate surface area is 449 Å². The summed E-state index contributed by atoms with van der Waals surface area (Å²) in [5.74, 6) is 2.76. The lowest BCUT2D eigenvalue weighted by molar-refractivity contribution is 0.0946. The Morgan fingerprint density at radius 2 is 1.23 bits per heavy atom. The third kappa shape index (κ3) is 8.92. The second kappa shape index (κ2) is 21.3. The number of benzene rings is 2. The number of carbonyl (C=O) groups excluding carboxylic acids is 1. The van der Waals surface area contributed by atoms with Crippen molar-refractivity contribution in [3.8, 4) is 11.4 Å². The van der Waals surface area contributed by atoms with Gasteiger partial charge in [-0.25, -0.2) is 34.0 Å². The summed E-state index contributed by atoms with van der Waals surface area (Å²) < 4.78 is 12.1. The van der Waals surface area contributed by atoms with E-state index in [-0.39, 0.29) is 69.3 Å². The maximum absolute atomic E-state index is 13.8. The Morgan fingerprint density at radius 1 is 0.707 bits per heavy atom. The van der Waals surface area contributed by atoms with Crippen molar-refractivity contribution in [1.29, 1.82) is 0 Å². The number of aliphatic hydroxyl groups excluding tert-OH is 1. The SMILES string of the molecule is O=C(NCCO)c1c[nH]c2ncnc(N3CCC[C@H]3c3nn4ccc(Cl)c4c(=O)n3-c3ccccc3)c12.O=c1c2c(Cl)ccn2nc([C@@H]2CCCN2c2ncnc3[nH]cc(C4=NCCO4)c23)n1-c1ccccc1.S.S. The summed E-state index contributed by atoms with van der Waals surface area (Å²) in [5, 5.41) is 23.7. The van der Waals surface area contributed by atoms with E-state index in [0.29, 0.717) is 92.1 Å². The largest absolute Gasteiger partial charge is 0.475 e. The lowest BCUT2D eigenvalue weighted by atomic mass is 10.1. The Kier molecular flexibility index (Phi) is 14.4. The molecule has 384 valence electrons. The van der Waals surface area contributed by atoms with E-state index in [1.807, 2.05) is 66.9 Å². The highest BCUT2D eigenvalue weighted by Crippen LogP contribution is 2.41. The number of carbonyl (C=O) groups is 1. The van der Waals surface area contributed by atoms with Crippen LogP contribution >= 0.6 is 50.2 Å². The van der Waals surface area contributed by atoms with Gasteiger partial charge in [0, 0.05) is 44.4 Å². The molecule has 8 aromatic heterocycles. The highest BCUT2D eigenvalue weighted by atomic mass is 35.5. The van der Waals surface area contributed by atoms with Gasteiger partial charge in [-0.2, -0.15) is 37.2 Å². The van der Waals surface area contributed by atoms with Crippen molar-refractivity contribution >= 4 is 107 Å². The second-order valence-corrected chi connectivity index (χ2v) is 18.4. The Hall–Kier alpha value is -7.70. The van der Waals surface area contributed by atoms with Crippen molar-refractivity contribution in [2.24, 2.45) is 4.99 Å². The topological polar surface area (TPSA) is 239 Å². The molecule has 11 heterocycles. The molecule has 0 unspecified atom stereocenters. The molecule has 2 fully saturated rings.